The van der Waals surface area contributed by atoms with Gasteiger partial charge in [0.2, 0.25) is 0 Å². The maximum Gasteiger partial charge on any atom is 0.191 e. The lowest BCUT2D eigenvalue weighted by atomic mass is 10.1. The smallest absolute Gasteiger partial charge is 0.191 e. The van der Waals surface area contributed by atoms with E-state index in [1.165, 1.54) is 5.57 Å². The van der Waals surface area contributed by atoms with Gasteiger partial charge in [0.15, 0.2) is 5.96 Å². The van der Waals surface area contributed by atoms with Crippen LogP contribution in [0.3, 0.4) is 0 Å². The van der Waals surface area contributed by atoms with E-state index in [0.717, 1.165) is 64.7 Å². The monoisotopic (exact) mass is 425 g/mol. The molecule has 0 aromatic rings. The van der Waals surface area contributed by atoms with E-state index in [0.29, 0.717) is 5.92 Å². The van der Waals surface area contributed by atoms with Crippen LogP contribution in [0.1, 0.15) is 33.1 Å². The minimum Gasteiger partial charge on any atom is -0.380 e. The first-order valence-corrected chi connectivity index (χ1v) is 8.00. The van der Waals surface area contributed by atoms with Crippen molar-refractivity contribution in [3.05, 3.63) is 11.6 Å². The summed E-state index contributed by atoms with van der Waals surface area (Å²) in [6.45, 7) is 9.27. The number of nitrogens with one attached hydrogen (secondary N) is 2. The van der Waals surface area contributed by atoms with Crippen LogP contribution in [0.5, 0.6) is 0 Å². The minimum absolute atomic E-state index is 0. The first-order chi connectivity index (χ1) is 10.2. The third kappa shape index (κ3) is 11.3. The quantitative estimate of drug-likeness (QED) is 0.196. The van der Waals surface area contributed by atoms with Gasteiger partial charge in [-0.05, 0) is 25.2 Å². The normalized spacial score (nSPS) is 15.3. The molecule has 0 fully saturated rings. The van der Waals surface area contributed by atoms with Crippen molar-refractivity contribution in [2.75, 3.05) is 46.6 Å². The summed E-state index contributed by atoms with van der Waals surface area (Å²) < 4.78 is 10.9. The number of halogens is 1. The summed E-state index contributed by atoms with van der Waals surface area (Å²) in [7, 11) is 1.79. The lowest BCUT2D eigenvalue weighted by molar-refractivity contribution is 0.128. The van der Waals surface area contributed by atoms with Crippen molar-refractivity contribution in [3.63, 3.8) is 0 Å². The molecule has 0 radical (unpaired) electrons. The summed E-state index contributed by atoms with van der Waals surface area (Å²) in [5.41, 5.74) is 1.47. The van der Waals surface area contributed by atoms with Gasteiger partial charge in [0.05, 0.1) is 19.8 Å². The fourth-order valence-corrected chi connectivity index (χ4v) is 2.02. The largest absolute Gasteiger partial charge is 0.380 e. The van der Waals surface area contributed by atoms with Crippen LogP contribution in [-0.2, 0) is 9.47 Å². The van der Waals surface area contributed by atoms with Crippen LogP contribution < -0.4 is 10.6 Å². The highest BCUT2D eigenvalue weighted by molar-refractivity contribution is 14.0. The van der Waals surface area contributed by atoms with Crippen LogP contribution in [0.25, 0.3) is 0 Å². The average molecular weight is 425 g/mol. The SMILES string of the molecule is CN=C(NCCOCCC(C)C)NCCC1=CCOCC1.I. The lowest BCUT2D eigenvalue weighted by Gasteiger charge is -2.15. The van der Waals surface area contributed by atoms with Gasteiger partial charge in [0.1, 0.15) is 0 Å². The second-order valence-corrected chi connectivity index (χ2v) is 5.66. The summed E-state index contributed by atoms with van der Waals surface area (Å²) >= 11 is 0. The molecule has 0 aromatic heterocycles. The van der Waals surface area contributed by atoms with Crippen LogP contribution >= 0.6 is 24.0 Å². The summed E-state index contributed by atoms with van der Waals surface area (Å²) in [5, 5.41) is 6.59. The number of aliphatic imine (C=N–C) groups is 1. The van der Waals surface area contributed by atoms with Gasteiger partial charge >= 0.3 is 0 Å². The Morgan fingerprint density at radius 2 is 2.09 bits per heavy atom. The van der Waals surface area contributed by atoms with Crippen molar-refractivity contribution in [2.45, 2.75) is 33.1 Å². The van der Waals surface area contributed by atoms with Gasteiger partial charge < -0.3 is 20.1 Å². The summed E-state index contributed by atoms with van der Waals surface area (Å²) in [6.07, 6.45) is 5.40. The molecule has 1 rings (SSSR count). The standard InChI is InChI=1S/C16H31N3O2.HI/c1-14(2)5-10-21-13-9-19-16(17-3)18-8-4-15-6-11-20-12-7-15;/h6,14H,4-5,7-13H2,1-3H3,(H2,17,18,19);1H. The Labute approximate surface area is 152 Å². The van der Waals surface area contributed by atoms with E-state index in [2.05, 4.69) is 35.5 Å². The number of nitrogens with zero attached hydrogens (tertiary/aromatic N) is 1. The van der Waals surface area contributed by atoms with E-state index in [4.69, 9.17) is 9.47 Å². The maximum atomic E-state index is 5.57. The molecule has 0 bridgehead atoms. The van der Waals surface area contributed by atoms with Gasteiger partial charge in [-0.2, -0.15) is 0 Å². The molecule has 0 amide bonds. The Bertz CT molecular complexity index is 333. The molecule has 0 saturated carbocycles. The van der Waals surface area contributed by atoms with Crippen LogP contribution in [-0.4, -0.2) is 52.5 Å². The van der Waals surface area contributed by atoms with Crippen LogP contribution in [0.15, 0.2) is 16.6 Å². The van der Waals surface area contributed by atoms with Gasteiger partial charge in [-0.25, -0.2) is 0 Å². The van der Waals surface area contributed by atoms with Crippen molar-refractivity contribution in [2.24, 2.45) is 10.9 Å². The molecule has 0 saturated heterocycles. The third-order valence-corrected chi connectivity index (χ3v) is 3.40. The second kappa shape index (κ2) is 14.3. The van der Waals surface area contributed by atoms with Crippen molar-refractivity contribution < 1.29 is 9.47 Å². The lowest BCUT2D eigenvalue weighted by Crippen LogP contribution is -2.39. The Kier molecular flexibility index (Phi) is 14.0. The topological polar surface area (TPSA) is 54.9 Å². The highest BCUT2D eigenvalue weighted by Gasteiger charge is 2.04. The molecule has 130 valence electrons. The molecule has 1 aliphatic rings. The van der Waals surface area contributed by atoms with Crippen molar-refractivity contribution in [1.82, 2.24) is 10.6 Å². The van der Waals surface area contributed by atoms with E-state index in [1.807, 2.05) is 0 Å². The molecule has 6 heteroatoms. The van der Waals surface area contributed by atoms with Gasteiger partial charge in [-0.1, -0.05) is 25.5 Å². The predicted molar refractivity (Wildman–Crippen MR) is 103 cm³/mol. The number of guanidine groups is 1. The zero-order chi connectivity index (χ0) is 15.3. The first kappa shape index (κ1) is 21.7. The van der Waals surface area contributed by atoms with Gasteiger partial charge in [0.25, 0.3) is 0 Å². The van der Waals surface area contributed by atoms with Crippen LogP contribution in [0.4, 0.5) is 0 Å². The van der Waals surface area contributed by atoms with Crippen LogP contribution in [0, 0.1) is 5.92 Å². The average Bonchev–Trinajstić information content (AvgIpc) is 2.49. The predicted octanol–water partition coefficient (Wildman–Crippen LogP) is 2.57. The summed E-state index contributed by atoms with van der Waals surface area (Å²) in [4.78, 5) is 4.21. The molecule has 0 unspecified atom stereocenters. The molecular weight excluding hydrogens is 393 g/mol. The van der Waals surface area contributed by atoms with E-state index in [-0.39, 0.29) is 24.0 Å². The number of hydrogen-bond donors (Lipinski definition) is 2. The molecule has 1 heterocycles. The minimum atomic E-state index is 0. The van der Waals surface area contributed by atoms with Crippen molar-refractivity contribution in [3.8, 4) is 0 Å². The fraction of sp³-hybridized carbons (Fsp3) is 0.812. The molecule has 0 aromatic carbocycles. The molecule has 22 heavy (non-hydrogen) atoms. The molecule has 0 spiro atoms. The number of rotatable bonds is 9. The van der Waals surface area contributed by atoms with Crippen LogP contribution in [0.2, 0.25) is 0 Å². The Hall–Kier alpha value is -0.340. The fourth-order valence-electron chi connectivity index (χ4n) is 2.02. The highest BCUT2D eigenvalue weighted by atomic mass is 127. The van der Waals surface area contributed by atoms with E-state index >= 15 is 0 Å². The Morgan fingerprint density at radius 3 is 2.73 bits per heavy atom. The van der Waals surface area contributed by atoms with Gasteiger partial charge in [-0.3, -0.25) is 4.99 Å². The first-order valence-electron chi connectivity index (χ1n) is 8.00. The van der Waals surface area contributed by atoms with E-state index in [9.17, 15) is 0 Å². The number of hydrogen-bond acceptors (Lipinski definition) is 3. The molecule has 0 atom stereocenters. The third-order valence-electron chi connectivity index (χ3n) is 3.40. The second-order valence-electron chi connectivity index (χ2n) is 5.66. The molecule has 0 aliphatic carbocycles. The zero-order valence-corrected chi connectivity index (χ0v) is 16.5. The maximum absolute atomic E-state index is 5.57. The molecule has 1 aliphatic heterocycles. The van der Waals surface area contributed by atoms with E-state index in [1.54, 1.807) is 7.05 Å². The highest BCUT2D eigenvalue weighted by Crippen LogP contribution is 2.10. The number of ether oxygens (including phenoxy) is 2. The molecule has 2 N–H and O–H groups in total. The summed E-state index contributed by atoms with van der Waals surface area (Å²) in [6, 6.07) is 0. The molecular formula is C16H32IN3O2. The molecule has 5 nitrogen and oxygen atoms in total. The van der Waals surface area contributed by atoms with Crippen molar-refractivity contribution in [1.29, 1.82) is 0 Å². The zero-order valence-electron chi connectivity index (χ0n) is 14.2. The van der Waals surface area contributed by atoms with Gasteiger partial charge in [-0.15, -0.1) is 24.0 Å². The van der Waals surface area contributed by atoms with Gasteiger partial charge in [0, 0.05) is 26.7 Å². The van der Waals surface area contributed by atoms with E-state index < -0.39 is 0 Å². The Morgan fingerprint density at radius 1 is 1.32 bits per heavy atom. The Balaban J connectivity index is 0.00000441. The van der Waals surface area contributed by atoms with Crippen molar-refractivity contribution >= 4 is 29.9 Å². The summed E-state index contributed by atoms with van der Waals surface area (Å²) in [5.74, 6) is 1.54.